The van der Waals surface area contributed by atoms with E-state index in [-0.39, 0.29) is 63.3 Å². The second-order valence-electron chi connectivity index (χ2n) is 14.7. The van der Waals surface area contributed by atoms with E-state index in [0.717, 1.165) is 77.3 Å². The molecule has 0 aromatic heterocycles. The van der Waals surface area contributed by atoms with Crippen LogP contribution in [0.5, 0.6) is 0 Å². The smallest absolute Gasteiger partial charge is 0.407 e. The summed E-state index contributed by atoms with van der Waals surface area (Å²) in [6.45, 7) is 11.7. The number of carbonyl (C=O) groups is 4. The maximum absolute atomic E-state index is 12.6. The third kappa shape index (κ3) is 26.8. The Hall–Kier alpha value is -2.60. The zero-order valence-electron chi connectivity index (χ0n) is 34.4. The van der Waals surface area contributed by atoms with Crippen LogP contribution in [0.25, 0.3) is 0 Å². The number of unbranched alkanes of at least 4 members (excludes halogenated alkanes) is 10. The first kappa shape index (κ1) is 48.4. The number of alkyl carbamates (subject to hydrolysis) is 2. The highest BCUT2D eigenvalue weighted by atomic mass is 16.6. The molecule has 0 aromatic rings. The van der Waals surface area contributed by atoms with Gasteiger partial charge in [-0.2, -0.15) is 0 Å². The molecule has 0 aromatic carbocycles. The van der Waals surface area contributed by atoms with Crippen LogP contribution >= 0.6 is 0 Å². The van der Waals surface area contributed by atoms with Gasteiger partial charge < -0.3 is 39.4 Å². The zero-order valence-corrected chi connectivity index (χ0v) is 34.4. The Bertz CT molecular complexity index is 893. The fourth-order valence-electron chi connectivity index (χ4n) is 6.67. The van der Waals surface area contributed by atoms with Crippen molar-refractivity contribution in [2.24, 2.45) is 0 Å². The largest absolute Gasteiger partial charge is 0.464 e. The Balaban J connectivity index is 2.34. The quantitative estimate of drug-likeness (QED) is 0.0384. The van der Waals surface area contributed by atoms with Gasteiger partial charge in [-0.05, 0) is 77.9 Å². The van der Waals surface area contributed by atoms with Crippen LogP contribution in [0.3, 0.4) is 0 Å². The molecular weight excluding hydrogens is 676 g/mol. The van der Waals surface area contributed by atoms with Crippen LogP contribution in [0, 0.1) is 0 Å². The minimum absolute atomic E-state index is 0.0706. The molecule has 1 saturated heterocycles. The van der Waals surface area contributed by atoms with Crippen molar-refractivity contribution in [3.05, 3.63) is 0 Å². The predicted octanol–water partition coefficient (Wildman–Crippen LogP) is 8.15. The van der Waals surface area contributed by atoms with Crippen LogP contribution in [-0.2, 0) is 28.5 Å². The molecule has 53 heavy (non-hydrogen) atoms. The summed E-state index contributed by atoms with van der Waals surface area (Å²) < 4.78 is 21.9. The van der Waals surface area contributed by atoms with Gasteiger partial charge in [0.2, 0.25) is 0 Å². The van der Waals surface area contributed by atoms with E-state index >= 15 is 0 Å². The standard InChI is InChI=1S/C41H78N4O8/c1-6-10-12-14-16-18-22-36(8-3)52-40(48)42-27-33-50-38(46)25-31-45(30-24-35-21-20-29-44(35)5)32-26-39(47)51-34-28-43-41(49)53-37(9-4)23-19-17-15-13-11-7-2/h35-37H,6-34H2,1-5H3,(H,42,48)(H,43,49). The van der Waals surface area contributed by atoms with Crippen molar-refractivity contribution >= 4 is 24.1 Å². The second kappa shape index (κ2) is 32.8. The van der Waals surface area contributed by atoms with Gasteiger partial charge in [0.25, 0.3) is 0 Å². The highest BCUT2D eigenvalue weighted by Crippen LogP contribution is 2.18. The minimum atomic E-state index is -0.478. The van der Waals surface area contributed by atoms with E-state index in [1.807, 2.05) is 13.8 Å². The minimum Gasteiger partial charge on any atom is -0.464 e. The van der Waals surface area contributed by atoms with E-state index in [9.17, 15) is 19.2 Å². The van der Waals surface area contributed by atoms with Gasteiger partial charge in [-0.25, -0.2) is 9.59 Å². The Morgan fingerprint density at radius 1 is 0.660 bits per heavy atom. The highest BCUT2D eigenvalue weighted by Gasteiger charge is 2.22. The molecule has 2 amide bonds. The Kier molecular flexibility index (Phi) is 30.0. The van der Waals surface area contributed by atoms with Gasteiger partial charge >= 0.3 is 24.1 Å². The highest BCUT2D eigenvalue weighted by molar-refractivity contribution is 5.71. The number of nitrogens with one attached hydrogen (secondary N) is 2. The number of hydrogen-bond acceptors (Lipinski definition) is 10. The molecule has 0 aliphatic carbocycles. The third-order valence-electron chi connectivity index (χ3n) is 10.2. The molecule has 1 heterocycles. The molecular formula is C41H78N4O8. The number of likely N-dealkylation sites (tertiary alicyclic amines) is 1. The normalized spacial score (nSPS) is 15.5. The molecule has 1 rings (SSSR count). The van der Waals surface area contributed by atoms with Crippen molar-refractivity contribution in [3.8, 4) is 0 Å². The number of rotatable bonds is 33. The summed E-state index contributed by atoms with van der Waals surface area (Å²) in [5, 5.41) is 5.38. The number of amides is 2. The molecule has 1 fully saturated rings. The van der Waals surface area contributed by atoms with E-state index < -0.39 is 12.2 Å². The zero-order chi connectivity index (χ0) is 38.9. The van der Waals surface area contributed by atoms with Crippen LogP contribution in [0.15, 0.2) is 0 Å². The van der Waals surface area contributed by atoms with Gasteiger partial charge in [-0.1, -0.05) is 91.9 Å². The molecule has 0 bridgehead atoms. The second-order valence-corrected chi connectivity index (χ2v) is 14.7. The SMILES string of the molecule is CCCCCCCCC(CC)OC(=O)NCCOC(=O)CCN(CCC(=O)OCCNC(=O)OC(CC)CCCCCCCC)CCC1CCCN1C. The first-order chi connectivity index (χ1) is 25.7. The van der Waals surface area contributed by atoms with Gasteiger partial charge in [0.15, 0.2) is 0 Å². The Labute approximate surface area is 322 Å². The summed E-state index contributed by atoms with van der Waals surface area (Å²) in [5.74, 6) is -0.703. The first-order valence-electron chi connectivity index (χ1n) is 21.3. The van der Waals surface area contributed by atoms with E-state index in [2.05, 4.69) is 41.3 Å². The van der Waals surface area contributed by atoms with Crippen LogP contribution in [0.2, 0.25) is 0 Å². The fraction of sp³-hybridized carbons (Fsp3) is 0.902. The fourth-order valence-corrected chi connectivity index (χ4v) is 6.67. The van der Waals surface area contributed by atoms with E-state index in [1.165, 1.54) is 57.8 Å². The van der Waals surface area contributed by atoms with Crippen LogP contribution in [-0.4, -0.2) is 112 Å². The molecule has 0 saturated carbocycles. The summed E-state index contributed by atoms with van der Waals surface area (Å²) in [6, 6.07) is 0.490. The predicted molar refractivity (Wildman–Crippen MR) is 211 cm³/mol. The molecule has 310 valence electrons. The molecule has 2 N–H and O–H groups in total. The van der Waals surface area contributed by atoms with Gasteiger partial charge in [0.05, 0.1) is 25.9 Å². The van der Waals surface area contributed by atoms with Crippen LogP contribution in [0.1, 0.15) is 163 Å². The molecule has 1 aliphatic rings. The molecule has 12 nitrogen and oxygen atoms in total. The molecule has 3 atom stereocenters. The van der Waals surface area contributed by atoms with Gasteiger partial charge in [0, 0.05) is 19.1 Å². The van der Waals surface area contributed by atoms with Crippen molar-refractivity contribution in [1.82, 2.24) is 20.4 Å². The molecule has 12 heteroatoms. The summed E-state index contributed by atoms with van der Waals surface area (Å²) in [4.78, 5) is 54.1. The summed E-state index contributed by atoms with van der Waals surface area (Å²) >= 11 is 0. The number of esters is 2. The lowest BCUT2D eigenvalue weighted by atomic mass is 10.1. The van der Waals surface area contributed by atoms with Crippen molar-refractivity contribution < 1.29 is 38.1 Å². The van der Waals surface area contributed by atoms with Gasteiger partial charge in [-0.15, -0.1) is 0 Å². The van der Waals surface area contributed by atoms with E-state index in [1.54, 1.807) is 0 Å². The van der Waals surface area contributed by atoms with Crippen molar-refractivity contribution in [2.45, 2.75) is 181 Å². The number of nitrogens with zero attached hydrogens (tertiary/aromatic N) is 2. The third-order valence-corrected chi connectivity index (χ3v) is 10.2. The topological polar surface area (TPSA) is 136 Å². The summed E-state index contributed by atoms with van der Waals surface area (Å²) in [7, 11) is 2.14. The Morgan fingerprint density at radius 3 is 1.53 bits per heavy atom. The lowest BCUT2D eigenvalue weighted by Gasteiger charge is -2.26. The van der Waals surface area contributed by atoms with Crippen molar-refractivity contribution in [2.75, 3.05) is 59.5 Å². The monoisotopic (exact) mass is 755 g/mol. The Morgan fingerprint density at radius 2 is 1.11 bits per heavy atom. The molecule has 1 aliphatic heterocycles. The first-order valence-corrected chi connectivity index (χ1v) is 21.3. The lowest BCUT2D eigenvalue weighted by Crippen LogP contribution is -2.35. The average Bonchev–Trinajstić information content (AvgIpc) is 3.57. The maximum Gasteiger partial charge on any atom is 0.407 e. The van der Waals surface area contributed by atoms with Crippen molar-refractivity contribution in [1.29, 1.82) is 0 Å². The van der Waals surface area contributed by atoms with Crippen LogP contribution < -0.4 is 10.6 Å². The van der Waals surface area contributed by atoms with Gasteiger partial charge in [-0.3, -0.25) is 9.59 Å². The number of carbonyl (C=O) groups excluding carboxylic acids is 4. The van der Waals surface area contributed by atoms with Crippen LogP contribution in [0.4, 0.5) is 9.59 Å². The number of ether oxygens (including phenoxy) is 4. The number of hydrogen-bond donors (Lipinski definition) is 2. The van der Waals surface area contributed by atoms with E-state index in [0.29, 0.717) is 19.1 Å². The summed E-state index contributed by atoms with van der Waals surface area (Å²) in [5.41, 5.74) is 0. The molecule has 3 unspecified atom stereocenters. The van der Waals surface area contributed by atoms with E-state index in [4.69, 9.17) is 18.9 Å². The van der Waals surface area contributed by atoms with Gasteiger partial charge in [0.1, 0.15) is 25.4 Å². The molecule has 0 spiro atoms. The lowest BCUT2D eigenvalue weighted by molar-refractivity contribution is -0.144. The average molecular weight is 755 g/mol. The molecule has 0 radical (unpaired) electrons. The summed E-state index contributed by atoms with van der Waals surface area (Å²) in [6.07, 6.45) is 20.1. The van der Waals surface area contributed by atoms with Crippen molar-refractivity contribution in [3.63, 3.8) is 0 Å². The maximum atomic E-state index is 12.6.